The molecule has 3 N–H and O–H groups in total. The number of aliphatic hydroxyl groups is 1. The Morgan fingerprint density at radius 2 is 2.21 bits per heavy atom. The number of carbonyl (C=O) groups is 1. The second-order valence-corrected chi connectivity index (χ2v) is 2.65. The van der Waals surface area contributed by atoms with Crippen LogP contribution in [-0.4, -0.2) is 29.3 Å². The lowest BCUT2D eigenvalue weighted by Crippen LogP contribution is -2.07. The Morgan fingerprint density at radius 1 is 1.50 bits per heavy atom. The topological polar surface area (TPSA) is 69.6 Å². The van der Waals surface area contributed by atoms with Gasteiger partial charge in [-0.2, -0.15) is 0 Å². The minimum Gasteiger partial charge on any atom is -0.478 e. The highest BCUT2D eigenvalue weighted by Crippen LogP contribution is 2.15. The third-order valence-electron chi connectivity index (χ3n) is 1.64. The summed E-state index contributed by atoms with van der Waals surface area (Å²) in [4.78, 5) is 10.5. The van der Waals surface area contributed by atoms with E-state index in [-0.39, 0.29) is 24.4 Å². The van der Waals surface area contributed by atoms with Crippen LogP contribution in [0.1, 0.15) is 10.4 Å². The second-order valence-electron chi connectivity index (χ2n) is 2.65. The van der Waals surface area contributed by atoms with Crippen molar-refractivity contribution in [3.05, 3.63) is 29.6 Å². The van der Waals surface area contributed by atoms with E-state index in [1.54, 1.807) is 0 Å². The molecule has 0 amide bonds. The van der Waals surface area contributed by atoms with Gasteiger partial charge in [-0.3, -0.25) is 0 Å². The molecule has 1 aromatic rings. The van der Waals surface area contributed by atoms with Gasteiger partial charge in [0, 0.05) is 6.54 Å². The highest BCUT2D eigenvalue weighted by molar-refractivity contribution is 5.88. The molecule has 14 heavy (non-hydrogen) atoms. The van der Waals surface area contributed by atoms with Gasteiger partial charge >= 0.3 is 5.97 Å². The quantitative estimate of drug-likeness (QED) is 0.674. The summed E-state index contributed by atoms with van der Waals surface area (Å²) in [5.74, 6) is -1.81. The molecule has 0 aliphatic rings. The lowest BCUT2D eigenvalue weighted by atomic mass is 10.2. The van der Waals surface area contributed by atoms with Crippen LogP contribution in [-0.2, 0) is 0 Å². The van der Waals surface area contributed by atoms with Crippen molar-refractivity contribution in [2.45, 2.75) is 0 Å². The van der Waals surface area contributed by atoms with Gasteiger partial charge in [-0.1, -0.05) is 0 Å². The van der Waals surface area contributed by atoms with Crippen LogP contribution in [0.25, 0.3) is 0 Å². The van der Waals surface area contributed by atoms with E-state index in [1.807, 2.05) is 0 Å². The van der Waals surface area contributed by atoms with Crippen molar-refractivity contribution >= 4 is 11.7 Å². The molecule has 0 saturated carbocycles. The molecule has 0 saturated heterocycles. The van der Waals surface area contributed by atoms with Crippen molar-refractivity contribution < 1.29 is 19.4 Å². The van der Waals surface area contributed by atoms with Crippen molar-refractivity contribution in [2.24, 2.45) is 0 Å². The van der Waals surface area contributed by atoms with Crippen LogP contribution in [0.2, 0.25) is 0 Å². The number of hydrogen-bond donors (Lipinski definition) is 3. The molecule has 76 valence electrons. The van der Waals surface area contributed by atoms with Crippen molar-refractivity contribution in [2.75, 3.05) is 18.5 Å². The normalized spacial score (nSPS) is 9.86. The molecule has 1 aromatic carbocycles. The zero-order valence-electron chi connectivity index (χ0n) is 7.33. The van der Waals surface area contributed by atoms with Crippen molar-refractivity contribution in [1.82, 2.24) is 0 Å². The van der Waals surface area contributed by atoms with Crippen molar-refractivity contribution in [3.63, 3.8) is 0 Å². The Labute approximate surface area is 80.0 Å². The molecule has 0 aliphatic carbocycles. The fourth-order valence-corrected chi connectivity index (χ4v) is 0.982. The predicted octanol–water partition coefficient (Wildman–Crippen LogP) is 0.928. The van der Waals surface area contributed by atoms with Crippen molar-refractivity contribution in [3.8, 4) is 0 Å². The number of anilines is 1. The second kappa shape index (κ2) is 4.57. The first-order valence-corrected chi connectivity index (χ1v) is 4.02. The Kier molecular flexibility index (Phi) is 3.41. The van der Waals surface area contributed by atoms with E-state index in [1.165, 1.54) is 12.1 Å². The summed E-state index contributed by atoms with van der Waals surface area (Å²) in [6.45, 7) is 0.115. The number of carboxylic acid groups (broad SMARTS) is 1. The third kappa shape index (κ3) is 2.43. The molecule has 0 aromatic heterocycles. The molecule has 0 radical (unpaired) electrons. The van der Waals surface area contributed by atoms with E-state index in [9.17, 15) is 9.18 Å². The van der Waals surface area contributed by atoms with Crippen LogP contribution < -0.4 is 5.32 Å². The van der Waals surface area contributed by atoms with Crippen LogP contribution in [0.5, 0.6) is 0 Å². The van der Waals surface area contributed by atoms with Crippen LogP contribution in [0.3, 0.4) is 0 Å². The fourth-order valence-electron chi connectivity index (χ4n) is 0.982. The first-order chi connectivity index (χ1) is 6.65. The van der Waals surface area contributed by atoms with Gasteiger partial charge in [0.05, 0.1) is 17.9 Å². The predicted molar refractivity (Wildman–Crippen MR) is 48.9 cm³/mol. The monoisotopic (exact) mass is 199 g/mol. The summed E-state index contributed by atoms with van der Waals surface area (Å²) in [6.07, 6.45) is 0. The molecule has 0 bridgehead atoms. The lowest BCUT2D eigenvalue weighted by Gasteiger charge is -2.05. The summed E-state index contributed by atoms with van der Waals surface area (Å²) in [6, 6.07) is 3.56. The highest BCUT2D eigenvalue weighted by Gasteiger charge is 2.07. The molecule has 0 heterocycles. The molecule has 0 atom stereocenters. The van der Waals surface area contributed by atoms with Gasteiger partial charge in [-0.05, 0) is 18.2 Å². The van der Waals surface area contributed by atoms with E-state index >= 15 is 0 Å². The number of hydrogen-bond acceptors (Lipinski definition) is 3. The molecule has 5 heteroatoms. The zero-order chi connectivity index (χ0) is 10.6. The smallest absolute Gasteiger partial charge is 0.335 e. The third-order valence-corrected chi connectivity index (χ3v) is 1.64. The Hall–Kier alpha value is -1.62. The van der Waals surface area contributed by atoms with Gasteiger partial charge in [0.1, 0.15) is 5.82 Å². The number of rotatable bonds is 4. The molecule has 0 spiro atoms. The summed E-state index contributed by atoms with van der Waals surface area (Å²) in [7, 11) is 0. The SMILES string of the molecule is O=C(O)c1ccc(NCCO)c(F)c1. The lowest BCUT2D eigenvalue weighted by molar-refractivity contribution is 0.0696. The number of aliphatic hydroxyl groups excluding tert-OH is 1. The fraction of sp³-hybridized carbons (Fsp3) is 0.222. The van der Waals surface area contributed by atoms with Gasteiger partial charge in [0.15, 0.2) is 0 Å². The van der Waals surface area contributed by atoms with E-state index < -0.39 is 11.8 Å². The van der Waals surface area contributed by atoms with Crippen molar-refractivity contribution in [1.29, 1.82) is 0 Å². The summed E-state index contributed by atoms with van der Waals surface area (Å²) < 4.78 is 13.1. The molecule has 0 fully saturated rings. The van der Waals surface area contributed by atoms with Crippen LogP contribution in [0, 0.1) is 5.82 Å². The molecule has 0 unspecified atom stereocenters. The van der Waals surface area contributed by atoms with Gasteiger partial charge in [-0.25, -0.2) is 9.18 Å². The number of carboxylic acids is 1. The number of aromatic carboxylic acids is 1. The summed E-state index contributed by atoms with van der Waals surface area (Å²) in [5, 5.41) is 19.6. The maximum absolute atomic E-state index is 13.1. The maximum atomic E-state index is 13.1. The minimum absolute atomic E-state index is 0.1000. The first-order valence-electron chi connectivity index (χ1n) is 4.02. The van der Waals surface area contributed by atoms with E-state index in [4.69, 9.17) is 10.2 Å². The highest BCUT2D eigenvalue weighted by atomic mass is 19.1. The molecule has 0 aliphatic heterocycles. The average molecular weight is 199 g/mol. The Bertz CT molecular complexity index is 341. The van der Waals surface area contributed by atoms with Gasteiger partial charge in [0.2, 0.25) is 0 Å². The van der Waals surface area contributed by atoms with Crippen LogP contribution in [0.15, 0.2) is 18.2 Å². The van der Waals surface area contributed by atoms with E-state index in [0.29, 0.717) is 0 Å². The summed E-state index contributed by atoms with van der Waals surface area (Å²) >= 11 is 0. The number of nitrogens with one attached hydrogen (secondary N) is 1. The van der Waals surface area contributed by atoms with Gasteiger partial charge in [0.25, 0.3) is 0 Å². The first kappa shape index (κ1) is 10.5. The number of halogens is 1. The maximum Gasteiger partial charge on any atom is 0.335 e. The Balaban J connectivity index is 2.84. The van der Waals surface area contributed by atoms with E-state index in [0.717, 1.165) is 6.07 Å². The van der Waals surface area contributed by atoms with Crippen LogP contribution in [0.4, 0.5) is 10.1 Å². The molecular weight excluding hydrogens is 189 g/mol. The summed E-state index contributed by atoms with van der Waals surface area (Å²) in [5.41, 5.74) is 0.0844. The molecular formula is C9H10FNO3. The van der Waals surface area contributed by atoms with Gasteiger partial charge in [-0.15, -0.1) is 0 Å². The molecule has 1 rings (SSSR count). The number of benzene rings is 1. The average Bonchev–Trinajstić information content (AvgIpc) is 2.15. The Morgan fingerprint density at radius 3 is 2.71 bits per heavy atom. The minimum atomic E-state index is -1.17. The largest absolute Gasteiger partial charge is 0.478 e. The van der Waals surface area contributed by atoms with Crippen LogP contribution >= 0.6 is 0 Å². The standard InChI is InChI=1S/C9H10FNO3/c10-7-5-6(9(13)14)1-2-8(7)11-3-4-12/h1-2,5,11-12H,3-4H2,(H,13,14). The zero-order valence-corrected chi connectivity index (χ0v) is 7.33. The van der Waals surface area contributed by atoms with Gasteiger partial charge < -0.3 is 15.5 Å². The molecule has 4 nitrogen and oxygen atoms in total. The van der Waals surface area contributed by atoms with E-state index in [2.05, 4.69) is 5.32 Å².